The van der Waals surface area contributed by atoms with Crippen molar-refractivity contribution in [3.8, 4) is 22.6 Å². The van der Waals surface area contributed by atoms with Gasteiger partial charge in [-0.05, 0) is 65.9 Å². The summed E-state index contributed by atoms with van der Waals surface area (Å²) in [6.45, 7) is 0.586. The molecule has 1 amide bonds. The van der Waals surface area contributed by atoms with Gasteiger partial charge in [-0.1, -0.05) is 36.4 Å². The molecule has 0 saturated carbocycles. The molecule has 4 aromatic rings. The van der Waals surface area contributed by atoms with E-state index in [2.05, 4.69) is 22.4 Å². The number of aryl methyl sites for hydroxylation is 1. The van der Waals surface area contributed by atoms with Crippen molar-refractivity contribution in [2.24, 2.45) is 0 Å². The molecule has 156 valence electrons. The zero-order valence-electron chi connectivity index (χ0n) is 17.3. The molecule has 0 saturated heterocycles. The zero-order valence-corrected chi connectivity index (χ0v) is 17.3. The third-order valence-corrected chi connectivity index (χ3v) is 5.19. The highest BCUT2D eigenvalue weighted by Gasteiger charge is 2.12. The van der Waals surface area contributed by atoms with Crippen LogP contribution in [0.1, 0.15) is 22.3 Å². The van der Waals surface area contributed by atoms with E-state index in [4.69, 9.17) is 4.74 Å². The molecule has 0 bridgehead atoms. The van der Waals surface area contributed by atoms with E-state index in [-0.39, 0.29) is 11.7 Å². The number of benzene rings is 3. The Labute approximate surface area is 181 Å². The number of phenolic OH excluding ortho intramolecular Hbond substituents is 1. The molecule has 2 N–H and O–H groups in total. The third kappa shape index (κ3) is 4.83. The van der Waals surface area contributed by atoms with E-state index < -0.39 is 0 Å². The predicted octanol–water partition coefficient (Wildman–Crippen LogP) is 4.98. The molecule has 0 radical (unpaired) electrons. The SMILES string of the molecule is COc1cc(C(=O)NCCCc2ccccc2)cc(-c2cc(O)c3ncccc3c2)c1. The fourth-order valence-corrected chi connectivity index (χ4v) is 3.60. The summed E-state index contributed by atoms with van der Waals surface area (Å²) in [5, 5.41) is 14.2. The van der Waals surface area contributed by atoms with E-state index >= 15 is 0 Å². The predicted molar refractivity (Wildman–Crippen MR) is 122 cm³/mol. The first-order valence-corrected chi connectivity index (χ1v) is 10.2. The Morgan fingerprint density at radius 3 is 2.61 bits per heavy atom. The van der Waals surface area contributed by atoms with Gasteiger partial charge in [0.15, 0.2) is 0 Å². The lowest BCUT2D eigenvalue weighted by Crippen LogP contribution is -2.24. The summed E-state index contributed by atoms with van der Waals surface area (Å²) in [6, 6.07) is 22.9. The molecule has 0 spiro atoms. The van der Waals surface area contributed by atoms with E-state index in [9.17, 15) is 9.90 Å². The van der Waals surface area contributed by atoms with E-state index in [1.807, 2.05) is 48.5 Å². The quantitative estimate of drug-likeness (QED) is 0.420. The Balaban J connectivity index is 1.53. The topological polar surface area (TPSA) is 71.5 Å². The van der Waals surface area contributed by atoms with Gasteiger partial charge in [-0.25, -0.2) is 0 Å². The molecule has 0 unspecified atom stereocenters. The monoisotopic (exact) mass is 412 g/mol. The van der Waals surface area contributed by atoms with E-state index in [1.165, 1.54) is 5.56 Å². The van der Waals surface area contributed by atoms with Crippen LogP contribution in [0.4, 0.5) is 0 Å². The number of phenols is 1. The number of aromatic nitrogens is 1. The van der Waals surface area contributed by atoms with Crippen LogP contribution in [-0.4, -0.2) is 29.7 Å². The van der Waals surface area contributed by atoms with Crippen molar-refractivity contribution in [1.82, 2.24) is 10.3 Å². The summed E-state index contributed by atoms with van der Waals surface area (Å²) >= 11 is 0. The molecule has 0 aliphatic heterocycles. The summed E-state index contributed by atoms with van der Waals surface area (Å²) < 4.78 is 5.41. The number of carbonyl (C=O) groups excluding carboxylic acids is 1. The molecule has 0 aliphatic carbocycles. The van der Waals surface area contributed by atoms with Crippen molar-refractivity contribution in [2.45, 2.75) is 12.8 Å². The number of nitrogens with zero attached hydrogens (tertiary/aromatic N) is 1. The van der Waals surface area contributed by atoms with Gasteiger partial charge in [-0.2, -0.15) is 0 Å². The molecule has 5 nitrogen and oxygen atoms in total. The maximum absolute atomic E-state index is 12.8. The van der Waals surface area contributed by atoms with Gasteiger partial charge >= 0.3 is 0 Å². The maximum atomic E-state index is 12.8. The molecule has 5 heteroatoms. The molecule has 0 fully saturated rings. The first-order valence-electron chi connectivity index (χ1n) is 10.2. The van der Waals surface area contributed by atoms with Crippen LogP contribution in [0.3, 0.4) is 0 Å². The maximum Gasteiger partial charge on any atom is 0.251 e. The normalized spacial score (nSPS) is 10.7. The number of rotatable bonds is 7. The van der Waals surface area contributed by atoms with Crippen LogP contribution < -0.4 is 10.1 Å². The van der Waals surface area contributed by atoms with Crippen LogP contribution >= 0.6 is 0 Å². The number of fused-ring (bicyclic) bond motifs is 1. The van der Waals surface area contributed by atoms with Crippen molar-refractivity contribution < 1.29 is 14.6 Å². The highest BCUT2D eigenvalue weighted by Crippen LogP contribution is 2.32. The number of pyridine rings is 1. The number of hydrogen-bond donors (Lipinski definition) is 2. The van der Waals surface area contributed by atoms with Gasteiger partial charge < -0.3 is 15.2 Å². The number of amides is 1. The van der Waals surface area contributed by atoms with Crippen LogP contribution in [0.2, 0.25) is 0 Å². The number of hydrogen-bond acceptors (Lipinski definition) is 4. The molecule has 0 atom stereocenters. The Morgan fingerprint density at radius 2 is 1.81 bits per heavy atom. The summed E-state index contributed by atoms with van der Waals surface area (Å²) in [5.74, 6) is 0.528. The number of methoxy groups -OCH3 is 1. The Kier molecular flexibility index (Phi) is 6.13. The molecule has 1 heterocycles. The van der Waals surface area contributed by atoms with Gasteiger partial charge in [0.25, 0.3) is 5.91 Å². The Bertz CT molecular complexity index is 1210. The molecule has 3 aromatic carbocycles. The summed E-state index contributed by atoms with van der Waals surface area (Å²) in [7, 11) is 1.57. The first kappa shape index (κ1) is 20.4. The van der Waals surface area contributed by atoms with Crippen LogP contribution in [-0.2, 0) is 6.42 Å². The average Bonchev–Trinajstić information content (AvgIpc) is 2.82. The summed E-state index contributed by atoms with van der Waals surface area (Å²) in [6.07, 6.45) is 3.42. The molecule has 1 aromatic heterocycles. The second-order valence-electron chi connectivity index (χ2n) is 7.37. The van der Waals surface area contributed by atoms with Gasteiger partial charge in [-0.3, -0.25) is 9.78 Å². The van der Waals surface area contributed by atoms with E-state index in [0.717, 1.165) is 29.4 Å². The summed E-state index contributed by atoms with van der Waals surface area (Å²) in [5.41, 5.74) is 3.89. The van der Waals surface area contributed by atoms with Crippen LogP contribution in [0, 0.1) is 0 Å². The minimum atomic E-state index is -0.153. The molecule has 0 aliphatic rings. The minimum Gasteiger partial charge on any atom is -0.506 e. The fourth-order valence-electron chi connectivity index (χ4n) is 3.60. The van der Waals surface area contributed by atoms with Gasteiger partial charge in [0, 0.05) is 23.7 Å². The zero-order chi connectivity index (χ0) is 21.6. The largest absolute Gasteiger partial charge is 0.506 e. The Hall–Kier alpha value is -3.86. The average molecular weight is 412 g/mol. The molecular weight excluding hydrogens is 388 g/mol. The van der Waals surface area contributed by atoms with Gasteiger partial charge in [-0.15, -0.1) is 0 Å². The van der Waals surface area contributed by atoms with Crippen LogP contribution in [0.5, 0.6) is 11.5 Å². The molecular formula is C26H24N2O3. The van der Waals surface area contributed by atoms with Crippen molar-refractivity contribution >= 4 is 16.8 Å². The standard InChI is InChI=1S/C26H24N2O3/c1-31-23-15-20(21-13-19-10-6-11-27-25(19)24(29)17-21)14-22(16-23)26(30)28-12-5-9-18-7-3-2-4-8-18/h2-4,6-8,10-11,13-17,29H,5,9,12H2,1H3,(H,28,30). The van der Waals surface area contributed by atoms with Crippen molar-refractivity contribution in [1.29, 1.82) is 0 Å². The van der Waals surface area contributed by atoms with Crippen LogP contribution in [0.15, 0.2) is 79.0 Å². The second-order valence-corrected chi connectivity index (χ2v) is 7.37. The first-order chi connectivity index (χ1) is 15.1. The van der Waals surface area contributed by atoms with E-state index in [0.29, 0.717) is 23.4 Å². The Morgan fingerprint density at radius 1 is 1.00 bits per heavy atom. The van der Waals surface area contributed by atoms with Gasteiger partial charge in [0.1, 0.15) is 17.0 Å². The third-order valence-electron chi connectivity index (χ3n) is 5.19. The van der Waals surface area contributed by atoms with Crippen LogP contribution in [0.25, 0.3) is 22.0 Å². The summed E-state index contributed by atoms with van der Waals surface area (Å²) in [4.78, 5) is 17.0. The minimum absolute atomic E-state index is 0.0998. The number of ether oxygens (including phenoxy) is 1. The lowest BCUT2D eigenvalue weighted by atomic mass is 10.00. The molecule has 31 heavy (non-hydrogen) atoms. The number of aromatic hydroxyl groups is 1. The van der Waals surface area contributed by atoms with Crippen molar-refractivity contribution in [3.63, 3.8) is 0 Å². The van der Waals surface area contributed by atoms with E-state index in [1.54, 1.807) is 25.4 Å². The second kappa shape index (κ2) is 9.30. The van der Waals surface area contributed by atoms with Crippen molar-refractivity contribution in [3.05, 3.63) is 90.1 Å². The smallest absolute Gasteiger partial charge is 0.251 e. The molecule has 4 rings (SSSR count). The highest BCUT2D eigenvalue weighted by atomic mass is 16.5. The lowest BCUT2D eigenvalue weighted by Gasteiger charge is -2.11. The number of carbonyl (C=O) groups is 1. The lowest BCUT2D eigenvalue weighted by molar-refractivity contribution is 0.0953. The van der Waals surface area contributed by atoms with Crippen molar-refractivity contribution in [2.75, 3.05) is 13.7 Å². The fraction of sp³-hybridized carbons (Fsp3) is 0.154. The van der Waals surface area contributed by atoms with Gasteiger partial charge in [0.05, 0.1) is 7.11 Å². The highest BCUT2D eigenvalue weighted by molar-refractivity contribution is 5.97. The number of nitrogens with one attached hydrogen (secondary N) is 1. The van der Waals surface area contributed by atoms with Gasteiger partial charge in [0.2, 0.25) is 0 Å².